The van der Waals surface area contributed by atoms with Gasteiger partial charge in [-0.15, -0.1) is 0 Å². The van der Waals surface area contributed by atoms with Crippen molar-refractivity contribution >= 4 is 33.6 Å². The number of hydrogen-bond donors (Lipinski definition) is 2. The van der Waals surface area contributed by atoms with Gasteiger partial charge in [-0.05, 0) is 24.6 Å². The number of carbonyl (C=O) groups is 1. The second kappa shape index (κ2) is 8.53. The molecule has 6 nitrogen and oxygen atoms in total. The molecule has 1 amide bonds. The number of nitrogens with one attached hydrogen (secondary N) is 2. The van der Waals surface area contributed by atoms with Gasteiger partial charge < -0.3 is 9.73 Å². The average Bonchev–Trinajstić information content (AvgIpc) is 3.40. The summed E-state index contributed by atoms with van der Waals surface area (Å²) in [5.41, 5.74) is 6.65. The lowest BCUT2D eigenvalue weighted by atomic mass is 10.1. The molecule has 4 rings (SSSR count). The third kappa shape index (κ3) is 4.59. The summed E-state index contributed by atoms with van der Waals surface area (Å²) in [7, 11) is 0. The lowest BCUT2D eigenvalue weighted by molar-refractivity contribution is 0.0997. The maximum Gasteiger partial charge on any atom is 0.292 e. The van der Waals surface area contributed by atoms with E-state index in [1.54, 1.807) is 18.3 Å². The number of anilines is 2. The highest BCUT2D eigenvalue weighted by Crippen LogP contribution is 2.36. The van der Waals surface area contributed by atoms with E-state index in [2.05, 4.69) is 20.8 Å². The van der Waals surface area contributed by atoms with E-state index < -0.39 is 0 Å². The van der Waals surface area contributed by atoms with E-state index in [0.29, 0.717) is 15.8 Å². The minimum absolute atomic E-state index is 0.241. The summed E-state index contributed by atoms with van der Waals surface area (Å²) in [5.74, 6) is -0.0868. The molecule has 2 aromatic carbocycles. The van der Waals surface area contributed by atoms with E-state index in [1.165, 1.54) is 17.6 Å². The van der Waals surface area contributed by atoms with Gasteiger partial charge in [-0.1, -0.05) is 71.5 Å². The maximum atomic E-state index is 12.4. The second-order valence-corrected chi connectivity index (χ2v) is 7.27. The smallest absolute Gasteiger partial charge is 0.292 e. The van der Waals surface area contributed by atoms with Gasteiger partial charge in [0.25, 0.3) is 5.91 Å². The first-order chi connectivity index (χ1) is 14.2. The molecule has 2 aromatic heterocycles. The number of thiazole rings is 1. The quantitative estimate of drug-likeness (QED) is 0.334. The van der Waals surface area contributed by atoms with Crippen LogP contribution in [0.1, 0.15) is 21.7 Å². The summed E-state index contributed by atoms with van der Waals surface area (Å²) in [5, 5.41) is 8.32. The molecule has 0 atom stereocenters. The number of hydrazone groups is 1. The van der Waals surface area contributed by atoms with Crippen LogP contribution in [0.2, 0.25) is 0 Å². The number of carbonyl (C=O) groups excluding carboxylic acids is 1. The van der Waals surface area contributed by atoms with Gasteiger partial charge in [0.15, 0.2) is 5.76 Å². The van der Waals surface area contributed by atoms with E-state index in [0.717, 1.165) is 16.7 Å². The van der Waals surface area contributed by atoms with Crippen molar-refractivity contribution in [1.82, 2.24) is 4.98 Å². The molecule has 0 fully saturated rings. The molecule has 4 aromatic rings. The molecule has 144 valence electrons. The predicted octanol–water partition coefficient (Wildman–Crippen LogP) is 5.41. The molecule has 7 heteroatoms. The van der Waals surface area contributed by atoms with Gasteiger partial charge in [-0.25, -0.2) is 4.98 Å². The Morgan fingerprint density at radius 1 is 1.07 bits per heavy atom. The summed E-state index contributed by atoms with van der Waals surface area (Å²) in [6, 6.07) is 21.0. The van der Waals surface area contributed by atoms with Crippen LogP contribution >= 0.6 is 11.3 Å². The fourth-order valence-corrected chi connectivity index (χ4v) is 3.47. The van der Waals surface area contributed by atoms with Crippen molar-refractivity contribution in [3.63, 3.8) is 0 Å². The highest BCUT2D eigenvalue weighted by molar-refractivity contribution is 7.20. The fraction of sp³-hybridized carbons (Fsp3) is 0.0455. The minimum Gasteiger partial charge on any atom is -0.459 e. The Balaban J connectivity index is 1.60. The van der Waals surface area contributed by atoms with Gasteiger partial charge in [0.1, 0.15) is 10.7 Å². The number of hydrogen-bond acceptors (Lipinski definition) is 6. The van der Waals surface area contributed by atoms with Gasteiger partial charge >= 0.3 is 0 Å². The van der Waals surface area contributed by atoms with Crippen molar-refractivity contribution in [2.75, 3.05) is 10.7 Å². The molecule has 0 bridgehead atoms. The third-order valence-electron chi connectivity index (χ3n) is 4.10. The predicted molar refractivity (Wildman–Crippen MR) is 117 cm³/mol. The van der Waals surface area contributed by atoms with E-state index in [1.807, 2.05) is 61.5 Å². The van der Waals surface area contributed by atoms with Gasteiger partial charge in [-0.2, -0.15) is 5.10 Å². The molecule has 0 saturated heterocycles. The number of aryl methyl sites for hydroxylation is 1. The summed E-state index contributed by atoms with van der Waals surface area (Å²) < 4.78 is 5.18. The fourth-order valence-electron chi connectivity index (χ4n) is 2.63. The van der Waals surface area contributed by atoms with Crippen molar-refractivity contribution in [3.05, 3.63) is 89.9 Å². The highest BCUT2D eigenvalue weighted by Gasteiger charge is 2.17. The molecular formula is C22H18N4O2S. The van der Waals surface area contributed by atoms with Crippen molar-refractivity contribution in [2.45, 2.75) is 6.92 Å². The Bertz CT molecular complexity index is 1120. The number of aromatic nitrogens is 1. The number of nitrogens with zero attached hydrogens (tertiary/aromatic N) is 2. The summed E-state index contributed by atoms with van der Waals surface area (Å²) in [6.07, 6.45) is 3.18. The van der Waals surface area contributed by atoms with Gasteiger partial charge in [0.2, 0.25) is 5.13 Å². The molecule has 0 aliphatic rings. The second-order valence-electron chi connectivity index (χ2n) is 6.27. The van der Waals surface area contributed by atoms with Crippen LogP contribution in [0.5, 0.6) is 0 Å². The summed E-state index contributed by atoms with van der Waals surface area (Å²) in [6.45, 7) is 2.02. The molecule has 29 heavy (non-hydrogen) atoms. The van der Waals surface area contributed by atoms with E-state index >= 15 is 0 Å². The zero-order chi connectivity index (χ0) is 20.1. The summed E-state index contributed by atoms with van der Waals surface area (Å²) in [4.78, 5) is 17.1. The maximum absolute atomic E-state index is 12.4. The minimum atomic E-state index is -0.327. The van der Waals surface area contributed by atoms with E-state index in [9.17, 15) is 4.79 Å². The first-order valence-electron chi connectivity index (χ1n) is 8.96. The van der Waals surface area contributed by atoms with Gasteiger partial charge in [-0.3, -0.25) is 10.2 Å². The molecular weight excluding hydrogens is 384 g/mol. The van der Waals surface area contributed by atoms with Crippen molar-refractivity contribution in [1.29, 1.82) is 0 Å². The van der Waals surface area contributed by atoms with Crippen LogP contribution in [0.25, 0.3) is 11.3 Å². The molecule has 2 heterocycles. The standard InChI is InChI=1S/C22H18N4O2S/c1-15-9-11-17(12-10-15)19-21(25-20(27)18-8-5-13-28-18)29-22(24-19)26-23-14-16-6-3-2-4-7-16/h2-14H,1H3,(H,24,26)(H,25,27). The SMILES string of the molecule is Cc1ccc(-c2nc(NN=Cc3ccccc3)sc2NC(=O)c2ccco2)cc1. The van der Waals surface area contributed by atoms with Crippen LogP contribution in [0.15, 0.2) is 82.5 Å². The highest BCUT2D eigenvalue weighted by atomic mass is 32.1. The van der Waals surface area contributed by atoms with Crippen LogP contribution in [-0.2, 0) is 0 Å². The van der Waals surface area contributed by atoms with Gasteiger partial charge in [0, 0.05) is 5.56 Å². The summed E-state index contributed by atoms with van der Waals surface area (Å²) >= 11 is 1.31. The lowest BCUT2D eigenvalue weighted by Crippen LogP contribution is -2.10. The zero-order valence-corrected chi connectivity index (χ0v) is 16.4. The molecule has 0 aliphatic heterocycles. The number of rotatable bonds is 6. The van der Waals surface area contributed by atoms with Crippen LogP contribution in [0, 0.1) is 6.92 Å². The van der Waals surface area contributed by atoms with E-state index in [4.69, 9.17) is 4.42 Å². The van der Waals surface area contributed by atoms with Crippen LogP contribution in [0.3, 0.4) is 0 Å². The molecule has 0 radical (unpaired) electrons. The van der Waals surface area contributed by atoms with Crippen molar-refractivity contribution < 1.29 is 9.21 Å². The molecule has 2 N–H and O–H groups in total. The number of benzene rings is 2. The zero-order valence-electron chi connectivity index (χ0n) is 15.6. The topological polar surface area (TPSA) is 79.5 Å². The Morgan fingerprint density at radius 3 is 2.59 bits per heavy atom. The van der Waals surface area contributed by atoms with Crippen molar-refractivity contribution in [3.8, 4) is 11.3 Å². The van der Waals surface area contributed by atoms with E-state index in [-0.39, 0.29) is 11.7 Å². The molecule has 0 aliphatic carbocycles. The normalized spacial score (nSPS) is 10.9. The lowest BCUT2D eigenvalue weighted by Gasteiger charge is -2.04. The van der Waals surface area contributed by atoms with Crippen molar-refractivity contribution in [2.24, 2.45) is 5.10 Å². The third-order valence-corrected chi connectivity index (χ3v) is 4.97. The molecule has 0 saturated carbocycles. The number of furan rings is 1. The Morgan fingerprint density at radius 2 is 1.86 bits per heavy atom. The van der Waals surface area contributed by atoms with Crippen LogP contribution in [-0.4, -0.2) is 17.1 Å². The Hall–Kier alpha value is -3.71. The monoisotopic (exact) mass is 402 g/mol. The number of amides is 1. The Kier molecular flexibility index (Phi) is 5.49. The van der Waals surface area contributed by atoms with Gasteiger partial charge in [0.05, 0.1) is 12.5 Å². The average molecular weight is 402 g/mol. The van der Waals surface area contributed by atoms with Crippen LogP contribution < -0.4 is 10.7 Å². The first-order valence-corrected chi connectivity index (χ1v) is 9.77. The van der Waals surface area contributed by atoms with Crippen LogP contribution in [0.4, 0.5) is 10.1 Å². The first kappa shape index (κ1) is 18.6. The Labute approximate surface area is 171 Å². The molecule has 0 spiro atoms. The largest absolute Gasteiger partial charge is 0.459 e. The molecule has 0 unspecified atom stereocenters.